The van der Waals surface area contributed by atoms with Gasteiger partial charge in [-0.1, -0.05) is 24.3 Å². The summed E-state index contributed by atoms with van der Waals surface area (Å²) < 4.78 is 1.86. The number of aromatic nitrogens is 2. The number of thiophene rings is 1. The Bertz CT molecular complexity index is 628. The molecule has 1 atom stereocenters. The van der Waals surface area contributed by atoms with Gasteiger partial charge < -0.3 is 5.73 Å². The number of benzene rings is 1. The Balaban J connectivity index is 1.78. The second-order valence-corrected chi connectivity index (χ2v) is 5.44. The average Bonchev–Trinajstić information content (AvgIpc) is 3.10. The van der Waals surface area contributed by atoms with Crippen molar-refractivity contribution in [3.63, 3.8) is 0 Å². The normalized spacial score (nSPS) is 12.5. The lowest BCUT2D eigenvalue weighted by atomic mass is 10.1. The van der Waals surface area contributed by atoms with Crippen LogP contribution in [0.2, 0.25) is 0 Å². The first kappa shape index (κ1) is 12.1. The summed E-state index contributed by atoms with van der Waals surface area (Å²) in [4.78, 5) is 1.29. The summed E-state index contributed by atoms with van der Waals surface area (Å²) in [5, 5.41) is 6.63. The summed E-state index contributed by atoms with van der Waals surface area (Å²) >= 11 is 1.73. The van der Waals surface area contributed by atoms with Crippen molar-refractivity contribution >= 4 is 11.3 Å². The third-order valence-electron chi connectivity index (χ3n) is 3.01. The molecule has 4 heteroatoms. The molecule has 0 aliphatic heterocycles. The molecule has 0 bridgehead atoms. The fourth-order valence-electron chi connectivity index (χ4n) is 2.01. The quantitative estimate of drug-likeness (QED) is 0.790. The second-order valence-electron chi connectivity index (χ2n) is 4.41. The summed E-state index contributed by atoms with van der Waals surface area (Å²) in [6.07, 6.45) is 2.79. The van der Waals surface area contributed by atoms with E-state index in [1.807, 2.05) is 47.3 Å². The minimum Gasteiger partial charge on any atom is -0.322 e. The topological polar surface area (TPSA) is 43.8 Å². The predicted octanol–water partition coefficient (Wildman–Crippen LogP) is 3.18. The molecular formula is C15H15N3S. The third-order valence-corrected chi connectivity index (χ3v) is 3.91. The smallest absolute Gasteiger partial charge is 0.0799 e. The summed E-state index contributed by atoms with van der Waals surface area (Å²) in [5.41, 5.74) is 8.19. The maximum Gasteiger partial charge on any atom is 0.0799 e. The van der Waals surface area contributed by atoms with E-state index in [2.05, 4.69) is 22.6 Å². The van der Waals surface area contributed by atoms with E-state index >= 15 is 0 Å². The number of rotatable bonds is 4. The van der Waals surface area contributed by atoms with Crippen LogP contribution in [0.25, 0.3) is 5.69 Å². The van der Waals surface area contributed by atoms with Crippen LogP contribution in [0.5, 0.6) is 0 Å². The Labute approximate surface area is 116 Å². The molecule has 0 radical (unpaired) electrons. The Morgan fingerprint density at radius 3 is 2.68 bits per heavy atom. The molecule has 3 nitrogen and oxygen atoms in total. The largest absolute Gasteiger partial charge is 0.322 e. The number of nitrogens with zero attached hydrogens (tertiary/aromatic N) is 2. The van der Waals surface area contributed by atoms with Crippen LogP contribution in [0.1, 0.15) is 16.6 Å². The van der Waals surface area contributed by atoms with Crippen molar-refractivity contribution in [1.29, 1.82) is 0 Å². The van der Waals surface area contributed by atoms with Gasteiger partial charge in [-0.15, -0.1) is 11.3 Å². The maximum absolute atomic E-state index is 6.21. The highest BCUT2D eigenvalue weighted by Gasteiger charge is 2.11. The second kappa shape index (κ2) is 5.38. The first-order chi connectivity index (χ1) is 9.33. The lowest BCUT2D eigenvalue weighted by Crippen LogP contribution is -2.13. The molecule has 2 aromatic heterocycles. The van der Waals surface area contributed by atoms with Crippen molar-refractivity contribution < 1.29 is 0 Å². The monoisotopic (exact) mass is 269 g/mol. The fourth-order valence-corrected chi connectivity index (χ4v) is 2.78. The molecular weight excluding hydrogens is 254 g/mol. The molecule has 96 valence electrons. The maximum atomic E-state index is 6.21. The van der Waals surface area contributed by atoms with Crippen molar-refractivity contribution in [3.05, 3.63) is 70.7 Å². The van der Waals surface area contributed by atoms with E-state index in [-0.39, 0.29) is 6.04 Å². The summed E-state index contributed by atoms with van der Waals surface area (Å²) in [6, 6.07) is 16.2. The van der Waals surface area contributed by atoms with E-state index in [1.165, 1.54) is 4.88 Å². The molecule has 1 aromatic carbocycles. The standard InChI is InChI=1S/C15H15N3S/c16-14(11-13-7-4-10-19-13)15-8-9-18(17-15)12-5-2-1-3-6-12/h1-10,14H,11,16H2. The first-order valence-corrected chi connectivity index (χ1v) is 7.10. The molecule has 0 amide bonds. The van der Waals surface area contributed by atoms with Crippen LogP contribution in [-0.4, -0.2) is 9.78 Å². The van der Waals surface area contributed by atoms with E-state index in [0.717, 1.165) is 17.8 Å². The zero-order valence-corrected chi connectivity index (χ0v) is 11.3. The Kier molecular flexibility index (Phi) is 3.44. The van der Waals surface area contributed by atoms with E-state index in [9.17, 15) is 0 Å². The van der Waals surface area contributed by atoms with Crippen LogP contribution in [0, 0.1) is 0 Å². The van der Waals surface area contributed by atoms with Crippen molar-refractivity contribution in [1.82, 2.24) is 9.78 Å². The molecule has 0 fully saturated rings. The molecule has 0 saturated heterocycles. The molecule has 3 aromatic rings. The van der Waals surface area contributed by atoms with Gasteiger partial charge in [0.15, 0.2) is 0 Å². The van der Waals surface area contributed by atoms with Gasteiger partial charge in [0.05, 0.1) is 17.4 Å². The van der Waals surface area contributed by atoms with Gasteiger partial charge in [-0.25, -0.2) is 4.68 Å². The van der Waals surface area contributed by atoms with Gasteiger partial charge in [0, 0.05) is 17.5 Å². The van der Waals surface area contributed by atoms with Gasteiger partial charge in [0.2, 0.25) is 0 Å². The Hall–Kier alpha value is -1.91. The van der Waals surface area contributed by atoms with Crippen LogP contribution < -0.4 is 5.73 Å². The van der Waals surface area contributed by atoms with Crippen molar-refractivity contribution in [2.24, 2.45) is 5.73 Å². The molecule has 2 heterocycles. The first-order valence-electron chi connectivity index (χ1n) is 6.22. The van der Waals surface area contributed by atoms with E-state index in [0.29, 0.717) is 0 Å². The Morgan fingerprint density at radius 1 is 1.11 bits per heavy atom. The van der Waals surface area contributed by atoms with E-state index in [1.54, 1.807) is 11.3 Å². The molecule has 0 aliphatic carbocycles. The van der Waals surface area contributed by atoms with Crippen LogP contribution >= 0.6 is 11.3 Å². The van der Waals surface area contributed by atoms with Crippen LogP contribution in [0.15, 0.2) is 60.1 Å². The van der Waals surface area contributed by atoms with Gasteiger partial charge in [-0.05, 0) is 29.6 Å². The fraction of sp³-hybridized carbons (Fsp3) is 0.133. The predicted molar refractivity (Wildman–Crippen MR) is 78.5 cm³/mol. The van der Waals surface area contributed by atoms with Crippen molar-refractivity contribution in [3.8, 4) is 5.69 Å². The highest BCUT2D eigenvalue weighted by Crippen LogP contribution is 2.18. The molecule has 0 spiro atoms. The van der Waals surface area contributed by atoms with Crippen molar-refractivity contribution in [2.45, 2.75) is 12.5 Å². The molecule has 19 heavy (non-hydrogen) atoms. The van der Waals surface area contributed by atoms with E-state index < -0.39 is 0 Å². The van der Waals surface area contributed by atoms with Crippen LogP contribution in [0.4, 0.5) is 0 Å². The van der Waals surface area contributed by atoms with Gasteiger partial charge >= 0.3 is 0 Å². The molecule has 0 aliphatic rings. The molecule has 0 saturated carbocycles. The van der Waals surface area contributed by atoms with Crippen molar-refractivity contribution in [2.75, 3.05) is 0 Å². The van der Waals surface area contributed by atoms with Gasteiger partial charge in [0.25, 0.3) is 0 Å². The summed E-state index contributed by atoms with van der Waals surface area (Å²) in [6.45, 7) is 0. The van der Waals surface area contributed by atoms with Crippen LogP contribution in [0.3, 0.4) is 0 Å². The molecule has 2 N–H and O–H groups in total. The summed E-state index contributed by atoms with van der Waals surface area (Å²) in [7, 11) is 0. The number of hydrogen-bond acceptors (Lipinski definition) is 3. The van der Waals surface area contributed by atoms with Gasteiger partial charge in [0.1, 0.15) is 0 Å². The SMILES string of the molecule is NC(Cc1cccs1)c1ccn(-c2ccccc2)n1. The lowest BCUT2D eigenvalue weighted by molar-refractivity contribution is 0.684. The highest BCUT2D eigenvalue weighted by atomic mass is 32.1. The van der Waals surface area contributed by atoms with Crippen LogP contribution in [-0.2, 0) is 6.42 Å². The Morgan fingerprint density at radius 2 is 1.95 bits per heavy atom. The zero-order chi connectivity index (χ0) is 13.1. The number of hydrogen-bond donors (Lipinski definition) is 1. The third kappa shape index (κ3) is 2.75. The molecule has 1 unspecified atom stereocenters. The minimum absolute atomic E-state index is 0.0522. The van der Waals surface area contributed by atoms with E-state index in [4.69, 9.17) is 5.73 Å². The summed E-state index contributed by atoms with van der Waals surface area (Å²) in [5.74, 6) is 0. The number of nitrogens with two attached hydrogens (primary N) is 1. The van der Waals surface area contributed by atoms with Gasteiger partial charge in [-0.2, -0.15) is 5.10 Å². The highest BCUT2D eigenvalue weighted by molar-refractivity contribution is 7.09. The number of para-hydroxylation sites is 1. The average molecular weight is 269 g/mol. The zero-order valence-electron chi connectivity index (χ0n) is 10.4. The molecule has 3 rings (SSSR count). The minimum atomic E-state index is -0.0522. The van der Waals surface area contributed by atoms with Gasteiger partial charge in [-0.3, -0.25) is 0 Å². The lowest BCUT2D eigenvalue weighted by Gasteiger charge is -2.07.